The Hall–Kier alpha value is -3.31. The molecule has 30 heavy (non-hydrogen) atoms. The van der Waals surface area contributed by atoms with Gasteiger partial charge in [-0.3, -0.25) is 4.79 Å². The fourth-order valence-corrected chi connectivity index (χ4v) is 4.65. The number of hydrogen-bond donors (Lipinski definition) is 1. The van der Waals surface area contributed by atoms with Gasteiger partial charge in [-0.05, 0) is 39.9 Å². The highest BCUT2D eigenvalue weighted by Gasteiger charge is 2.28. The molecule has 0 saturated carbocycles. The average molecular weight is 415 g/mol. The smallest absolute Gasteiger partial charge is 0.250 e. The number of carbonyl (C=O) groups excluding carboxylic acids is 1. The third-order valence-corrected chi connectivity index (χ3v) is 6.06. The molecule has 1 aliphatic carbocycles. The zero-order valence-electron chi connectivity index (χ0n) is 16.5. The second kappa shape index (κ2) is 9.46. The van der Waals surface area contributed by atoms with Crippen molar-refractivity contribution in [2.75, 3.05) is 12.4 Å². The Morgan fingerprint density at radius 1 is 1.03 bits per heavy atom. The Balaban J connectivity index is 1.36. The molecular formula is C25H22N2O2S. The predicted octanol–water partition coefficient (Wildman–Crippen LogP) is 5.20. The first-order valence-electron chi connectivity index (χ1n) is 9.72. The number of carbonyl (C=O) groups is 1. The molecule has 1 amide bonds. The van der Waals surface area contributed by atoms with E-state index in [0.717, 1.165) is 11.3 Å². The van der Waals surface area contributed by atoms with E-state index in [1.807, 2.05) is 24.3 Å². The van der Waals surface area contributed by atoms with Gasteiger partial charge < -0.3 is 4.74 Å². The molecule has 1 N–H and O–H groups in total. The van der Waals surface area contributed by atoms with E-state index < -0.39 is 0 Å². The van der Waals surface area contributed by atoms with Crippen LogP contribution in [0.2, 0.25) is 0 Å². The molecule has 0 saturated heterocycles. The molecule has 0 atom stereocenters. The number of fused-ring (bicyclic) bond motifs is 3. The van der Waals surface area contributed by atoms with Crippen LogP contribution in [0, 0.1) is 0 Å². The second-order valence-electron chi connectivity index (χ2n) is 6.83. The lowest BCUT2D eigenvalue weighted by atomic mass is 10.1. The van der Waals surface area contributed by atoms with Gasteiger partial charge in [-0.15, -0.1) is 11.8 Å². The van der Waals surface area contributed by atoms with E-state index in [1.54, 1.807) is 24.1 Å². The van der Waals surface area contributed by atoms with Gasteiger partial charge in [0.25, 0.3) is 0 Å². The van der Waals surface area contributed by atoms with Crippen LogP contribution < -0.4 is 10.2 Å². The summed E-state index contributed by atoms with van der Waals surface area (Å²) in [6, 6.07) is 24.3. The van der Waals surface area contributed by atoms with Crippen molar-refractivity contribution >= 4 is 23.9 Å². The maximum absolute atomic E-state index is 12.3. The van der Waals surface area contributed by atoms with E-state index in [9.17, 15) is 4.79 Å². The Labute approximate surface area is 180 Å². The number of nitrogens with zero attached hydrogens (tertiary/aromatic N) is 1. The molecule has 0 aromatic heterocycles. The van der Waals surface area contributed by atoms with Crippen molar-refractivity contribution in [2.24, 2.45) is 5.10 Å². The molecule has 0 heterocycles. The van der Waals surface area contributed by atoms with E-state index in [1.165, 1.54) is 22.3 Å². The number of nitrogens with one attached hydrogen (secondary N) is 1. The predicted molar refractivity (Wildman–Crippen MR) is 124 cm³/mol. The molecule has 4 rings (SSSR count). The van der Waals surface area contributed by atoms with Crippen LogP contribution in [0.1, 0.15) is 21.9 Å². The van der Waals surface area contributed by atoms with Gasteiger partial charge in [0.2, 0.25) is 5.91 Å². The molecule has 5 heteroatoms. The van der Waals surface area contributed by atoms with Crippen LogP contribution in [-0.4, -0.2) is 24.5 Å². The minimum atomic E-state index is -0.128. The van der Waals surface area contributed by atoms with Gasteiger partial charge in [0, 0.05) is 0 Å². The van der Waals surface area contributed by atoms with Gasteiger partial charge in [0.1, 0.15) is 12.4 Å². The highest BCUT2D eigenvalue weighted by Crippen LogP contribution is 2.49. The topological polar surface area (TPSA) is 50.7 Å². The standard InChI is InChI=1S/C25H22N2O2S/c1-2-14-29-19-9-7-8-18(15-19)16-26-27-24(28)17-30-25-22-12-5-3-10-20(22)21-11-4-6-13-23(21)25/h2-13,15-16,25H,1,14,17H2,(H,27,28)/b26-16-. The largest absolute Gasteiger partial charge is 0.490 e. The summed E-state index contributed by atoms with van der Waals surface area (Å²) in [7, 11) is 0. The van der Waals surface area contributed by atoms with Gasteiger partial charge in [-0.2, -0.15) is 5.10 Å². The lowest BCUT2D eigenvalue weighted by Crippen LogP contribution is -2.20. The van der Waals surface area contributed by atoms with Crippen LogP contribution in [-0.2, 0) is 4.79 Å². The van der Waals surface area contributed by atoms with Gasteiger partial charge in [-0.1, -0.05) is 73.3 Å². The van der Waals surface area contributed by atoms with Crippen LogP contribution in [0.15, 0.2) is 90.6 Å². The molecule has 4 nitrogen and oxygen atoms in total. The van der Waals surface area contributed by atoms with Crippen molar-refractivity contribution in [1.82, 2.24) is 5.43 Å². The van der Waals surface area contributed by atoms with Crippen LogP contribution in [0.5, 0.6) is 5.75 Å². The number of amides is 1. The van der Waals surface area contributed by atoms with Crippen LogP contribution >= 0.6 is 11.8 Å². The normalized spacial score (nSPS) is 12.4. The first-order chi connectivity index (χ1) is 14.8. The summed E-state index contributed by atoms with van der Waals surface area (Å²) in [4.78, 5) is 12.3. The highest BCUT2D eigenvalue weighted by atomic mass is 32.2. The van der Waals surface area contributed by atoms with Crippen molar-refractivity contribution < 1.29 is 9.53 Å². The Kier molecular flexibility index (Phi) is 6.30. The third kappa shape index (κ3) is 4.47. The molecule has 0 bridgehead atoms. The maximum Gasteiger partial charge on any atom is 0.250 e. The molecular weight excluding hydrogens is 392 g/mol. The molecule has 0 spiro atoms. The first-order valence-corrected chi connectivity index (χ1v) is 10.8. The molecule has 0 unspecified atom stereocenters. The quantitative estimate of drug-likeness (QED) is 0.313. The molecule has 0 fully saturated rings. The summed E-state index contributed by atoms with van der Waals surface area (Å²) in [5.74, 6) is 0.934. The SMILES string of the molecule is C=CCOc1cccc(/C=N\NC(=O)CSC2c3ccccc3-c3ccccc32)c1. The first kappa shape index (κ1) is 20.0. The zero-order chi connectivity index (χ0) is 20.8. The summed E-state index contributed by atoms with van der Waals surface area (Å²) in [6.45, 7) is 4.08. The molecule has 150 valence electrons. The maximum atomic E-state index is 12.3. The molecule has 3 aromatic carbocycles. The zero-order valence-corrected chi connectivity index (χ0v) is 17.3. The Bertz CT molecular complexity index is 1050. The third-order valence-electron chi connectivity index (χ3n) is 4.79. The number of hydrazone groups is 1. The van der Waals surface area contributed by atoms with Gasteiger partial charge in [0.15, 0.2) is 0 Å². The van der Waals surface area contributed by atoms with Gasteiger partial charge in [0.05, 0.1) is 17.2 Å². The molecule has 0 radical (unpaired) electrons. The monoisotopic (exact) mass is 414 g/mol. The van der Waals surface area contributed by atoms with E-state index in [2.05, 4.69) is 65.6 Å². The lowest BCUT2D eigenvalue weighted by Gasteiger charge is -2.12. The minimum Gasteiger partial charge on any atom is -0.490 e. The average Bonchev–Trinajstić information content (AvgIpc) is 3.10. The molecule has 0 aliphatic heterocycles. The Morgan fingerprint density at radius 2 is 1.73 bits per heavy atom. The lowest BCUT2D eigenvalue weighted by molar-refractivity contribution is -0.118. The molecule has 1 aliphatic rings. The summed E-state index contributed by atoms with van der Waals surface area (Å²) >= 11 is 1.62. The number of ether oxygens (including phenoxy) is 1. The van der Waals surface area contributed by atoms with E-state index >= 15 is 0 Å². The van der Waals surface area contributed by atoms with Crippen molar-refractivity contribution in [1.29, 1.82) is 0 Å². The summed E-state index contributed by atoms with van der Waals surface area (Å²) in [5.41, 5.74) is 8.49. The fourth-order valence-electron chi connectivity index (χ4n) is 3.50. The van der Waals surface area contributed by atoms with Crippen molar-refractivity contribution in [3.63, 3.8) is 0 Å². The fraction of sp³-hybridized carbons (Fsp3) is 0.120. The van der Waals surface area contributed by atoms with Crippen LogP contribution in [0.3, 0.4) is 0 Å². The number of hydrogen-bond acceptors (Lipinski definition) is 4. The van der Waals surface area contributed by atoms with E-state index in [4.69, 9.17) is 4.74 Å². The summed E-state index contributed by atoms with van der Waals surface area (Å²) < 4.78 is 5.51. The summed E-state index contributed by atoms with van der Waals surface area (Å²) in [6.07, 6.45) is 3.31. The molecule has 3 aromatic rings. The second-order valence-corrected chi connectivity index (χ2v) is 7.92. The summed E-state index contributed by atoms with van der Waals surface area (Å²) in [5, 5.41) is 4.24. The highest BCUT2D eigenvalue weighted by molar-refractivity contribution is 8.00. The number of thioether (sulfide) groups is 1. The van der Waals surface area contributed by atoms with E-state index in [0.29, 0.717) is 12.4 Å². The van der Waals surface area contributed by atoms with Crippen LogP contribution in [0.25, 0.3) is 11.1 Å². The number of benzene rings is 3. The van der Waals surface area contributed by atoms with Gasteiger partial charge in [-0.25, -0.2) is 5.43 Å². The van der Waals surface area contributed by atoms with Crippen molar-refractivity contribution in [3.8, 4) is 16.9 Å². The van der Waals surface area contributed by atoms with Gasteiger partial charge >= 0.3 is 0 Å². The van der Waals surface area contributed by atoms with Crippen molar-refractivity contribution in [2.45, 2.75) is 5.25 Å². The number of rotatable bonds is 8. The van der Waals surface area contributed by atoms with Crippen LogP contribution in [0.4, 0.5) is 0 Å². The Morgan fingerprint density at radius 3 is 2.43 bits per heavy atom. The van der Waals surface area contributed by atoms with Crippen molar-refractivity contribution in [3.05, 3.63) is 102 Å². The minimum absolute atomic E-state index is 0.128. The van der Waals surface area contributed by atoms with E-state index in [-0.39, 0.29) is 11.2 Å².